The van der Waals surface area contributed by atoms with Gasteiger partial charge < -0.3 is 14.3 Å². The predicted molar refractivity (Wildman–Crippen MR) is 134 cm³/mol. The Balaban J connectivity index is 1.20. The normalized spacial score (nSPS) is 18.0. The molecule has 0 aliphatic carbocycles. The van der Waals surface area contributed by atoms with Crippen LogP contribution in [0.3, 0.4) is 0 Å². The molecule has 0 aromatic carbocycles. The lowest BCUT2D eigenvalue weighted by molar-refractivity contribution is -0.139. The van der Waals surface area contributed by atoms with Gasteiger partial charge in [0.05, 0.1) is 16.3 Å². The maximum absolute atomic E-state index is 13.3. The summed E-state index contributed by atoms with van der Waals surface area (Å²) in [7, 11) is 1.55. The van der Waals surface area contributed by atoms with E-state index in [2.05, 4.69) is 15.2 Å². The highest BCUT2D eigenvalue weighted by molar-refractivity contribution is 7.10. The van der Waals surface area contributed by atoms with Gasteiger partial charge in [0.15, 0.2) is 6.10 Å². The van der Waals surface area contributed by atoms with Gasteiger partial charge in [-0.1, -0.05) is 5.16 Å². The van der Waals surface area contributed by atoms with E-state index in [1.165, 1.54) is 33.2 Å². The topological polar surface area (TPSA) is 118 Å². The van der Waals surface area contributed by atoms with Crippen LogP contribution >= 0.6 is 11.3 Å². The summed E-state index contributed by atoms with van der Waals surface area (Å²) in [5, 5.41) is 19.5. The highest BCUT2D eigenvalue weighted by Gasteiger charge is 2.34. The largest absolute Gasteiger partial charge is 0.417 e. The SMILES string of the molecule is Cn1cc(C2CC(c3csc(C4CCN(C(=O)Cn5cc(C(F)(F)F)cc(C#N)c5=O)CC4)n3)=NO2)c(C(F)F)n1. The van der Waals surface area contributed by atoms with Gasteiger partial charge in [0, 0.05) is 55.8 Å². The van der Waals surface area contributed by atoms with Crippen molar-refractivity contribution in [3.05, 3.63) is 67.3 Å². The third-order valence-corrected chi connectivity index (χ3v) is 7.97. The number of halogens is 5. The lowest BCUT2D eigenvalue weighted by Crippen LogP contribution is -2.41. The predicted octanol–water partition coefficient (Wildman–Crippen LogP) is 4.14. The number of likely N-dealkylation sites (tertiary alicyclic amines) is 1. The van der Waals surface area contributed by atoms with Crippen LogP contribution in [0.4, 0.5) is 22.0 Å². The Bertz CT molecular complexity index is 1600. The molecule has 2 aliphatic heterocycles. The van der Waals surface area contributed by atoms with Crippen LogP contribution in [0.5, 0.6) is 0 Å². The molecule has 1 amide bonds. The number of amides is 1. The van der Waals surface area contributed by atoms with Gasteiger partial charge in [0.1, 0.15) is 29.6 Å². The number of nitrogens with zero attached hydrogens (tertiary/aromatic N) is 7. The van der Waals surface area contributed by atoms with Crippen LogP contribution < -0.4 is 5.56 Å². The second-order valence-electron chi connectivity index (χ2n) is 9.69. The Labute approximate surface area is 233 Å². The van der Waals surface area contributed by atoms with Crippen LogP contribution in [0, 0.1) is 11.3 Å². The molecule has 1 saturated heterocycles. The van der Waals surface area contributed by atoms with Crippen molar-refractivity contribution in [2.75, 3.05) is 13.1 Å². The molecule has 216 valence electrons. The summed E-state index contributed by atoms with van der Waals surface area (Å²) in [5.74, 6) is -0.516. The highest BCUT2D eigenvalue weighted by Crippen LogP contribution is 2.36. The number of pyridine rings is 1. The molecule has 0 radical (unpaired) electrons. The number of alkyl halides is 5. The van der Waals surface area contributed by atoms with Gasteiger partial charge >= 0.3 is 6.18 Å². The minimum absolute atomic E-state index is 0.0155. The summed E-state index contributed by atoms with van der Waals surface area (Å²) in [6.45, 7) is -0.00372. The maximum Gasteiger partial charge on any atom is 0.417 e. The Kier molecular flexibility index (Phi) is 7.64. The van der Waals surface area contributed by atoms with Crippen molar-refractivity contribution >= 4 is 23.0 Å². The van der Waals surface area contributed by atoms with E-state index >= 15 is 0 Å². The van der Waals surface area contributed by atoms with Crippen molar-refractivity contribution in [1.82, 2.24) is 24.2 Å². The van der Waals surface area contributed by atoms with Gasteiger partial charge in [-0.05, 0) is 18.9 Å². The molecule has 5 rings (SSSR count). The number of piperidine rings is 1. The molecular weight excluding hydrogens is 573 g/mol. The third-order valence-electron chi connectivity index (χ3n) is 6.96. The zero-order valence-electron chi connectivity index (χ0n) is 21.4. The van der Waals surface area contributed by atoms with Crippen molar-refractivity contribution in [2.24, 2.45) is 12.2 Å². The van der Waals surface area contributed by atoms with Gasteiger partial charge in [-0.3, -0.25) is 14.3 Å². The molecular formula is C25H22F5N7O3S. The zero-order chi connectivity index (χ0) is 29.5. The first-order valence-corrected chi connectivity index (χ1v) is 13.3. The molecule has 5 heterocycles. The molecule has 0 N–H and O–H groups in total. The van der Waals surface area contributed by atoms with Gasteiger partial charge in [-0.25, -0.2) is 13.8 Å². The number of oxime groups is 1. The average Bonchev–Trinajstić information content (AvgIpc) is 3.68. The smallest absolute Gasteiger partial charge is 0.387 e. The lowest BCUT2D eigenvalue weighted by Gasteiger charge is -2.31. The first kappa shape index (κ1) is 28.4. The molecule has 1 fully saturated rings. The van der Waals surface area contributed by atoms with Gasteiger partial charge in [-0.15, -0.1) is 11.3 Å². The molecule has 10 nitrogen and oxygen atoms in total. The fourth-order valence-electron chi connectivity index (χ4n) is 4.85. The summed E-state index contributed by atoms with van der Waals surface area (Å²) in [4.78, 5) is 36.7. The molecule has 16 heteroatoms. The molecule has 41 heavy (non-hydrogen) atoms. The van der Waals surface area contributed by atoms with Gasteiger partial charge in [-0.2, -0.15) is 23.5 Å². The number of thiazole rings is 1. The van der Waals surface area contributed by atoms with Crippen molar-refractivity contribution in [2.45, 2.75) is 50.4 Å². The molecule has 3 aromatic heterocycles. The van der Waals surface area contributed by atoms with Crippen molar-refractivity contribution in [1.29, 1.82) is 5.26 Å². The summed E-state index contributed by atoms with van der Waals surface area (Å²) in [6, 6.07) is 1.92. The first-order valence-electron chi connectivity index (χ1n) is 12.4. The molecule has 1 unspecified atom stereocenters. The fraction of sp³-hybridized carbons (Fsp3) is 0.440. The third kappa shape index (κ3) is 5.85. The lowest BCUT2D eigenvalue weighted by atomic mass is 9.97. The van der Waals surface area contributed by atoms with Crippen molar-refractivity contribution in [3.63, 3.8) is 0 Å². The van der Waals surface area contributed by atoms with E-state index in [1.54, 1.807) is 7.05 Å². The molecule has 2 aliphatic rings. The number of aryl methyl sites for hydroxylation is 1. The summed E-state index contributed by atoms with van der Waals surface area (Å²) in [5.41, 5.74) is -1.82. The number of carbonyl (C=O) groups excluding carboxylic acids is 1. The van der Waals surface area contributed by atoms with Crippen molar-refractivity contribution in [3.8, 4) is 6.07 Å². The van der Waals surface area contributed by atoms with Gasteiger partial charge in [0.2, 0.25) is 5.91 Å². The van der Waals surface area contributed by atoms with E-state index in [9.17, 15) is 31.5 Å². The van der Waals surface area contributed by atoms with E-state index in [0.29, 0.717) is 54.2 Å². The van der Waals surface area contributed by atoms with Crippen LogP contribution in [0.1, 0.15) is 70.8 Å². The second-order valence-corrected chi connectivity index (χ2v) is 10.6. The number of rotatable bonds is 6. The second kappa shape index (κ2) is 11.0. The van der Waals surface area contributed by atoms with E-state index < -0.39 is 47.8 Å². The number of hydrogen-bond donors (Lipinski definition) is 0. The van der Waals surface area contributed by atoms with E-state index in [4.69, 9.17) is 10.1 Å². The van der Waals surface area contributed by atoms with Crippen molar-refractivity contribution < 1.29 is 31.6 Å². The van der Waals surface area contributed by atoms with Crippen LogP contribution in [-0.2, 0) is 29.4 Å². The molecule has 0 bridgehead atoms. The van der Waals surface area contributed by atoms with E-state index in [0.717, 1.165) is 5.01 Å². The zero-order valence-corrected chi connectivity index (χ0v) is 22.3. The average molecular weight is 596 g/mol. The maximum atomic E-state index is 13.3. The van der Waals surface area contributed by atoms with E-state index in [1.807, 2.05) is 5.38 Å². The van der Waals surface area contributed by atoms with Crippen LogP contribution in [0.25, 0.3) is 0 Å². The monoisotopic (exact) mass is 595 g/mol. The summed E-state index contributed by atoms with van der Waals surface area (Å²) in [6.07, 6.45) is -4.86. The molecule has 1 atom stereocenters. The Morgan fingerprint density at radius 2 is 2.00 bits per heavy atom. The highest BCUT2D eigenvalue weighted by atomic mass is 32.1. The Morgan fingerprint density at radius 1 is 1.27 bits per heavy atom. The standard InChI is InChI=1S/C25H22F5N7O3S/c1-35-10-16(21(33-35)22(26)27)19-7-17(34-40-19)18-12-41-23(32-18)13-2-4-36(5-3-13)20(38)11-37-9-15(25(28,29)30)6-14(8-31)24(37)39/h6,9-10,12-13,19,22H,2-5,7,11H2,1H3. The quantitative estimate of drug-likeness (QED) is 0.396. The van der Waals surface area contributed by atoms with Crippen LogP contribution in [0.15, 0.2) is 33.8 Å². The summed E-state index contributed by atoms with van der Waals surface area (Å²) < 4.78 is 68.2. The van der Waals surface area contributed by atoms with Crippen LogP contribution in [0.2, 0.25) is 0 Å². The Hall–Kier alpha value is -4.13. The number of nitriles is 1. The number of hydrogen-bond acceptors (Lipinski definition) is 8. The fourth-order valence-corrected chi connectivity index (χ4v) is 5.85. The Morgan fingerprint density at radius 3 is 2.66 bits per heavy atom. The minimum Gasteiger partial charge on any atom is -0.387 e. The number of carbonyl (C=O) groups is 1. The summed E-state index contributed by atoms with van der Waals surface area (Å²) >= 11 is 1.40. The molecule has 0 saturated carbocycles. The minimum atomic E-state index is -4.78. The molecule has 3 aromatic rings. The van der Waals surface area contributed by atoms with Gasteiger partial charge in [0.25, 0.3) is 12.0 Å². The first-order chi connectivity index (χ1) is 19.4. The van der Waals surface area contributed by atoms with E-state index in [-0.39, 0.29) is 23.6 Å². The number of aromatic nitrogens is 4. The van der Waals surface area contributed by atoms with Crippen LogP contribution in [-0.4, -0.2) is 48.9 Å². The molecule has 0 spiro atoms.